The second kappa shape index (κ2) is 7.31. The van der Waals surface area contributed by atoms with E-state index in [1.807, 2.05) is 31.4 Å². The van der Waals surface area contributed by atoms with Gasteiger partial charge in [0.05, 0.1) is 25.1 Å². The highest BCUT2D eigenvalue weighted by atomic mass is 32.1. The van der Waals surface area contributed by atoms with E-state index in [-0.39, 0.29) is 23.4 Å². The van der Waals surface area contributed by atoms with Gasteiger partial charge in [-0.3, -0.25) is 14.4 Å². The molecule has 1 amide bonds. The van der Waals surface area contributed by atoms with Crippen molar-refractivity contribution in [2.24, 2.45) is 5.41 Å². The van der Waals surface area contributed by atoms with Crippen LogP contribution in [0.1, 0.15) is 69.8 Å². The summed E-state index contributed by atoms with van der Waals surface area (Å²) in [5, 5.41) is 4.73. The lowest BCUT2D eigenvalue weighted by atomic mass is 9.76. The van der Waals surface area contributed by atoms with Gasteiger partial charge in [0.2, 0.25) is 0 Å². The normalized spacial score (nSPS) is 16.5. The minimum absolute atomic E-state index is 0.00548. The zero-order valence-electron chi connectivity index (χ0n) is 15.9. The van der Waals surface area contributed by atoms with E-state index in [1.165, 1.54) is 18.4 Å². The lowest BCUT2D eigenvalue weighted by molar-refractivity contribution is -0.141. The van der Waals surface area contributed by atoms with Crippen molar-refractivity contribution in [3.63, 3.8) is 0 Å². The third kappa shape index (κ3) is 3.98. The molecule has 1 aliphatic rings. The fourth-order valence-corrected chi connectivity index (χ4v) is 4.26. The second-order valence-corrected chi connectivity index (χ2v) is 8.60. The molecule has 1 atom stereocenters. The van der Waals surface area contributed by atoms with Gasteiger partial charge in [0, 0.05) is 23.3 Å². The lowest BCUT2D eigenvalue weighted by Crippen LogP contribution is -2.30. The van der Waals surface area contributed by atoms with Gasteiger partial charge >= 0.3 is 5.97 Å². The molecule has 0 aromatic carbocycles. The molecular formula is C20H23NO5S. The van der Waals surface area contributed by atoms with Gasteiger partial charge in [-0.25, -0.2) is 0 Å². The van der Waals surface area contributed by atoms with Crippen LogP contribution >= 0.6 is 11.3 Å². The number of fused-ring (bicyclic) bond motifs is 1. The Morgan fingerprint density at radius 1 is 1.37 bits per heavy atom. The van der Waals surface area contributed by atoms with Gasteiger partial charge in [-0.2, -0.15) is 0 Å². The van der Waals surface area contributed by atoms with Crippen LogP contribution < -0.4 is 5.32 Å². The van der Waals surface area contributed by atoms with Crippen molar-refractivity contribution in [1.29, 1.82) is 0 Å². The number of rotatable bonds is 5. The summed E-state index contributed by atoms with van der Waals surface area (Å²) in [6.45, 7) is 5.75. The molecule has 0 aliphatic heterocycles. The standard InChI is InChI=1S/C20H23NO5S/c1-11-17-13(22)9-20(2,3)10-14(17)26-18(11)19(24)21-12(8-16(23)25-4)15-6-5-7-27-15/h5-7,12H,8-10H2,1-4H3,(H,21,24)/t12-/m0/s1. The molecule has 1 N–H and O–H groups in total. The van der Waals surface area contributed by atoms with Crippen LogP contribution in [0.2, 0.25) is 0 Å². The first kappa shape index (κ1) is 19.4. The quantitative estimate of drug-likeness (QED) is 0.785. The summed E-state index contributed by atoms with van der Waals surface area (Å²) < 4.78 is 10.5. The number of methoxy groups -OCH3 is 1. The number of ketones is 1. The Balaban J connectivity index is 1.87. The molecule has 0 unspecified atom stereocenters. The molecule has 0 saturated heterocycles. The molecule has 0 fully saturated rings. The highest BCUT2D eigenvalue weighted by Gasteiger charge is 2.37. The predicted octanol–water partition coefficient (Wildman–Crippen LogP) is 3.84. The molecule has 2 heterocycles. The van der Waals surface area contributed by atoms with Gasteiger partial charge in [-0.05, 0) is 23.8 Å². The highest BCUT2D eigenvalue weighted by molar-refractivity contribution is 7.10. The van der Waals surface area contributed by atoms with Crippen molar-refractivity contribution in [3.8, 4) is 0 Å². The Labute approximate surface area is 161 Å². The smallest absolute Gasteiger partial charge is 0.307 e. The number of amides is 1. The van der Waals surface area contributed by atoms with Crippen molar-refractivity contribution in [2.45, 2.75) is 46.1 Å². The third-order valence-electron chi connectivity index (χ3n) is 4.77. The monoisotopic (exact) mass is 389 g/mol. The first-order valence-electron chi connectivity index (χ1n) is 8.78. The average molecular weight is 389 g/mol. The first-order valence-corrected chi connectivity index (χ1v) is 9.66. The SMILES string of the molecule is COC(=O)C[C@H](NC(=O)c1oc2c(c1C)C(=O)CC(C)(C)C2)c1cccs1. The van der Waals surface area contributed by atoms with Gasteiger partial charge in [0.25, 0.3) is 5.91 Å². The number of thiophene rings is 1. The van der Waals surface area contributed by atoms with Crippen LogP contribution in [0.15, 0.2) is 21.9 Å². The molecule has 0 bridgehead atoms. The maximum absolute atomic E-state index is 12.9. The maximum Gasteiger partial charge on any atom is 0.307 e. The summed E-state index contributed by atoms with van der Waals surface area (Å²) >= 11 is 1.45. The number of Topliss-reactive ketones (excluding diaryl/α,β-unsaturated/α-hetero) is 1. The zero-order valence-corrected chi connectivity index (χ0v) is 16.7. The Bertz CT molecular complexity index is 879. The van der Waals surface area contributed by atoms with E-state index in [2.05, 4.69) is 5.32 Å². The van der Waals surface area contributed by atoms with Crippen molar-refractivity contribution in [2.75, 3.05) is 7.11 Å². The van der Waals surface area contributed by atoms with E-state index >= 15 is 0 Å². The van der Waals surface area contributed by atoms with E-state index in [0.717, 1.165) is 4.88 Å². The number of carbonyl (C=O) groups excluding carboxylic acids is 3. The van der Waals surface area contributed by atoms with E-state index in [9.17, 15) is 14.4 Å². The first-order chi connectivity index (χ1) is 12.7. The van der Waals surface area contributed by atoms with Gasteiger partial charge in [0.1, 0.15) is 5.76 Å². The van der Waals surface area contributed by atoms with Crippen LogP contribution in [0.5, 0.6) is 0 Å². The van der Waals surface area contributed by atoms with Gasteiger partial charge in [-0.1, -0.05) is 19.9 Å². The molecule has 0 spiro atoms. The van der Waals surface area contributed by atoms with Gasteiger partial charge in [-0.15, -0.1) is 11.3 Å². The van der Waals surface area contributed by atoms with Crippen molar-refractivity contribution in [3.05, 3.63) is 45.0 Å². The fraction of sp³-hybridized carbons (Fsp3) is 0.450. The molecule has 1 aliphatic carbocycles. The number of carbonyl (C=O) groups is 3. The minimum Gasteiger partial charge on any atom is -0.469 e. The van der Waals surface area contributed by atoms with Crippen LogP contribution in [0.3, 0.4) is 0 Å². The second-order valence-electron chi connectivity index (χ2n) is 7.62. The van der Waals surface area contributed by atoms with E-state index in [0.29, 0.717) is 29.7 Å². The number of hydrogen-bond acceptors (Lipinski definition) is 6. The molecule has 2 aromatic rings. The van der Waals surface area contributed by atoms with Gasteiger partial charge in [0.15, 0.2) is 11.5 Å². The molecule has 144 valence electrons. The minimum atomic E-state index is -0.515. The average Bonchev–Trinajstić information content (AvgIpc) is 3.21. The molecule has 27 heavy (non-hydrogen) atoms. The topological polar surface area (TPSA) is 85.6 Å². The van der Waals surface area contributed by atoms with E-state index in [4.69, 9.17) is 9.15 Å². The number of hydrogen-bond donors (Lipinski definition) is 1. The van der Waals surface area contributed by atoms with E-state index in [1.54, 1.807) is 6.92 Å². The molecule has 6 nitrogen and oxygen atoms in total. The third-order valence-corrected chi connectivity index (χ3v) is 5.76. The Morgan fingerprint density at radius 3 is 2.74 bits per heavy atom. The summed E-state index contributed by atoms with van der Waals surface area (Å²) in [6.07, 6.45) is 1.06. The van der Waals surface area contributed by atoms with Crippen molar-refractivity contribution < 1.29 is 23.5 Å². The number of furan rings is 1. The maximum atomic E-state index is 12.9. The predicted molar refractivity (Wildman–Crippen MR) is 101 cm³/mol. The summed E-state index contributed by atoms with van der Waals surface area (Å²) in [6, 6.07) is 3.19. The number of ether oxygens (including phenoxy) is 1. The molecule has 0 radical (unpaired) electrons. The zero-order chi connectivity index (χ0) is 19.8. The lowest BCUT2D eigenvalue weighted by Gasteiger charge is -2.27. The van der Waals surface area contributed by atoms with Crippen LogP contribution in [-0.4, -0.2) is 24.8 Å². The molecule has 0 saturated carbocycles. The summed E-state index contributed by atoms with van der Waals surface area (Å²) in [5.74, 6) is -0.140. The fourth-order valence-electron chi connectivity index (χ4n) is 3.49. The molecule has 3 rings (SSSR count). The number of nitrogens with one attached hydrogen (secondary N) is 1. The summed E-state index contributed by atoms with van der Waals surface area (Å²) in [4.78, 5) is 37.9. The van der Waals surface area contributed by atoms with Crippen LogP contribution in [0.25, 0.3) is 0 Å². The summed E-state index contributed by atoms with van der Waals surface area (Å²) in [7, 11) is 1.31. The van der Waals surface area contributed by atoms with Crippen molar-refractivity contribution >= 4 is 29.0 Å². The van der Waals surface area contributed by atoms with E-state index < -0.39 is 17.9 Å². The molecular weight excluding hydrogens is 366 g/mol. The summed E-state index contributed by atoms with van der Waals surface area (Å²) in [5.41, 5.74) is 0.901. The molecule has 7 heteroatoms. The number of esters is 1. The Kier molecular flexibility index (Phi) is 5.24. The molecule has 2 aromatic heterocycles. The van der Waals surface area contributed by atoms with Crippen LogP contribution in [0.4, 0.5) is 0 Å². The highest BCUT2D eigenvalue weighted by Crippen LogP contribution is 2.38. The van der Waals surface area contributed by atoms with Crippen molar-refractivity contribution in [1.82, 2.24) is 5.32 Å². The largest absolute Gasteiger partial charge is 0.469 e. The Hall–Kier alpha value is -2.41. The van der Waals surface area contributed by atoms with Gasteiger partial charge < -0.3 is 14.5 Å². The van der Waals surface area contributed by atoms with Crippen LogP contribution in [-0.2, 0) is 16.0 Å². The Morgan fingerprint density at radius 2 is 2.11 bits per heavy atom. The van der Waals surface area contributed by atoms with Crippen LogP contribution in [0, 0.1) is 12.3 Å².